The van der Waals surface area contributed by atoms with Crippen LogP contribution >= 0.6 is 12.2 Å². The van der Waals surface area contributed by atoms with Crippen molar-refractivity contribution in [3.05, 3.63) is 66.0 Å². The van der Waals surface area contributed by atoms with E-state index in [0.29, 0.717) is 55.4 Å². The predicted molar refractivity (Wildman–Crippen MR) is 120 cm³/mol. The molecule has 4 rings (SSSR count). The third-order valence-corrected chi connectivity index (χ3v) is 5.46. The molecule has 1 saturated heterocycles. The van der Waals surface area contributed by atoms with E-state index in [-0.39, 0.29) is 16.9 Å². The van der Waals surface area contributed by atoms with Gasteiger partial charge in [0.25, 0.3) is 11.1 Å². The van der Waals surface area contributed by atoms with Crippen molar-refractivity contribution in [3.63, 3.8) is 0 Å². The molecule has 32 heavy (non-hydrogen) atoms. The summed E-state index contributed by atoms with van der Waals surface area (Å²) in [6.45, 7) is 2.46. The number of nitrogens with zero attached hydrogens (tertiary/aromatic N) is 6. The van der Waals surface area contributed by atoms with E-state index in [9.17, 15) is 9.18 Å². The van der Waals surface area contributed by atoms with Crippen LogP contribution in [0.1, 0.15) is 16.1 Å². The van der Waals surface area contributed by atoms with Crippen LogP contribution in [0.5, 0.6) is 0 Å². The number of aromatic nitrogens is 4. The van der Waals surface area contributed by atoms with Crippen molar-refractivity contribution in [2.75, 3.05) is 38.2 Å². The first kappa shape index (κ1) is 21.6. The van der Waals surface area contributed by atoms with Crippen LogP contribution in [-0.2, 0) is 11.3 Å². The molecule has 0 radical (unpaired) electrons. The van der Waals surface area contributed by atoms with Crippen LogP contribution in [0.2, 0.25) is 0 Å². The Kier molecular flexibility index (Phi) is 6.55. The molecule has 166 valence electrons. The molecule has 1 aliphatic rings. The number of piperazine rings is 1. The maximum Gasteiger partial charge on any atom is 0.256 e. The number of hydrogen-bond donors (Lipinski definition) is 1. The second kappa shape index (κ2) is 9.69. The summed E-state index contributed by atoms with van der Waals surface area (Å²) in [5, 5.41) is 11.2. The van der Waals surface area contributed by atoms with Crippen LogP contribution in [0.25, 0.3) is 5.69 Å². The molecule has 0 saturated carbocycles. The number of halogens is 1. The first-order valence-corrected chi connectivity index (χ1v) is 10.4. The fourth-order valence-electron chi connectivity index (χ4n) is 3.46. The van der Waals surface area contributed by atoms with E-state index in [0.717, 1.165) is 0 Å². The lowest BCUT2D eigenvalue weighted by molar-refractivity contribution is 0.0746. The summed E-state index contributed by atoms with van der Waals surface area (Å²) in [6, 6.07) is 8.43. The molecule has 0 aliphatic carbocycles. The molecule has 0 unspecified atom stereocenters. The molecule has 1 aromatic carbocycles. The molecule has 0 bridgehead atoms. The number of ether oxygens (including phenoxy) is 1. The van der Waals surface area contributed by atoms with Gasteiger partial charge in [-0.05, 0) is 36.5 Å². The summed E-state index contributed by atoms with van der Waals surface area (Å²) in [5.41, 5.74) is 2.26. The molecule has 1 fully saturated rings. The smallest absolute Gasteiger partial charge is 0.256 e. The predicted octanol–water partition coefficient (Wildman–Crippen LogP) is 1.78. The number of hydrogen-bond acceptors (Lipinski definition) is 7. The van der Waals surface area contributed by atoms with Gasteiger partial charge in [0, 0.05) is 44.6 Å². The van der Waals surface area contributed by atoms with Gasteiger partial charge in [0.2, 0.25) is 0 Å². The zero-order valence-corrected chi connectivity index (χ0v) is 18.3. The molecule has 9 nitrogen and oxygen atoms in total. The molecule has 3 aromatic rings. The first-order valence-electron chi connectivity index (χ1n) is 10.0. The lowest BCUT2D eigenvalue weighted by atomic mass is 10.2. The maximum absolute atomic E-state index is 14.9. The van der Waals surface area contributed by atoms with Gasteiger partial charge in [0.15, 0.2) is 0 Å². The molecule has 11 heteroatoms. The highest BCUT2D eigenvalue weighted by molar-refractivity contribution is 7.80. The molecule has 0 spiro atoms. The number of benzene rings is 1. The van der Waals surface area contributed by atoms with Crippen molar-refractivity contribution in [1.29, 1.82) is 0 Å². The van der Waals surface area contributed by atoms with Gasteiger partial charge in [-0.15, -0.1) is 5.10 Å². The Bertz CT molecular complexity index is 1100. The van der Waals surface area contributed by atoms with Gasteiger partial charge in [0.1, 0.15) is 11.5 Å². The Hall–Kier alpha value is -3.60. The minimum absolute atomic E-state index is 0.0590. The lowest BCUT2D eigenvalue weighted by Gasteiger charge is -2.36. The highest BCUT2D eigenvalue weighted by Gasteiger charge is 2.24. The number of anilines is 1. The highest BCUT2D eigenvalue weighted by atomic mass is 32.1. The lowest BCUT2D eigenvalue weighted by Crippen LogP contribution is -2.49. The number of pyridine rings is 1. The van der Waals surface area contributed by atoms with Crippen LogP contribution < -0.4 is 10.2 Å². The zero-order chi connectivity index (χ0) is 22.5. The van der Waals surface area contributed by atoms with Gasteiger partial charge in [0.05, 0.1) is 36.8 Å². The third kappa shape index (κ3) is 4.83. The number of amides is 1. The second-order valence-electron chi connectivity index (χ2n) is 7.16. The van der Waals surface area contributed by atoms with Crippen molar-refractivity contribution < 1.29 is 13.9 Å². The van der Waals surface area contributed by atoms with E-state index in [4.69, 9.17) is 17.0 Å². The fraction of sp³-hybridized carbons (Fsp3) is 0.286. The van der Waals surface area contributed by atoms with Crippen molar-refractivity contribution in [2.45, 2.75) is 6.54 Å². The Labute approximate surface area is 189 Å². The average molecular weight is 456 g/mol. The minimum atomic E-state index is -0.356. The van der Waals surface area contributed by atoms with Crippen LogP contribution in [-0.4, -0.2) is 69.2 Å². The van der Waals surface area contributed by atoms with Crippen molar-refractivity contribution >= 4 is 29.0 Å². The van der Waals surface area contributed by atoms with E-state index >= 15 is 0 Å². The second-order valence-corrected chi connectivity index (χ2v) is 7.53. The topological polar surface area (TPSA) is 88.4 Å². The fourth-order valence-corrected chi connectivity index (χ4v) is 3.53. The number of methoxy groups -OCH3 is 1. The van der Waals surface area contributed by atoms with E-state index in [2.05, 4.69) is 20.6 Å². The molecule has 1 N–H and O–H groups in total. The van der Waals surface area contributed by atoms with Crippen LogP contribution in [0.15, 0.2) is 48.9 Å². The Balaban J connectivity index is 1.38. The minimum Gasteiger partial charge on any atom is -0.474 e. The number of rotatable bonds is 5. The number of carbonyl (C=O) groups is 1. The number of thiocarbonyl (C=S) groups is 1. The van der Waals surface area contributed by atoms with Crippen molar-refractivity contribution in [3.8, 4) is 5.69 Å². The van der Waals surface area contributed by atoms with Gasteiger partial charge in [-0.3, -0.25) is 9.78 Å². The quantitative estimate of drug-likeness (QED) is 0.583. The van der Waals surface area contributed by atoms with E-state index in [1.807, 2.05) is 4.90 Å². The summed E-state index contributed by atoms with van der Waals surface area (Å²) in [4.78, 5) is 20.3. The maximum atomic E-state index is 14.9. The molecule has 0 atom stereocenters. The first-order chi connectivity index (χ1) is 15.5. The Morgan fingerprint density at radius 2 is 2.06 bits per heavy atom. The van der Waals surface area contributed by atoms with Gasteiger partial charge < -0.3 is 19.9 Å². The molecule has 1 aliphatic heterocycles. The summed E-state index contributed by atoms with van der Waals surface area (Å²) in [5.74, 6) is -0.415. The van der Waals surface area contributed by atoms with Crippen LogP contribution in [0.4, 0.5) is 10.1 Å². The van der Waals surface area contributed by atoms with E-state index in [1.54, 1.807) is 47.8 Å². The van der Waals surface area contributed by atoms with Gasteiger partial charge in [-0.25, -0.2) is 9.07 Å². The highest BCUT2D eigenvalue weighted by Crippen LogP contribution is 2.24. The van der Waals surface area contributed by atoms with Crippen molar-refractivity contribution in [2.24, 2.45) is 0 Å². The number of carbonyl (C=O) groups excluding carboxylic acids is 1. The largest absolute Gasteiger partial charge is 0.474 e. The molecular weight excluding hydrogens is 433 g/mol. The SMILES string of the molecule is COC(=S)NCc1cn(-c2ccc(N3CCN(C(=O)c4cccnc4)CC3)c(F)c2)nn1. The summed E-state index contributed by atoms with van der Waals surface area (Å²) in [7, 11) is 1.48. The van der Waals surface area contributed by atoms with Gasteiger partial charge in [-0.2, -0.15) is 0 Å². The summed E-state index contributed by atoms with van der Waals surface area (Å²) in [6.07, 6.45) is 4.89. The van der Waals surface area contributed by atoms with E-state index in [1.165, 1.54) is 17.9 Å². The average Bonchev–Trinajstić information content (AvgIpc) is 3.32. The Morgan fingerprint density at radius 1 is 1.25 bits per heavy atom. The molecular formula is C21H22FN7O2S. The molecule has 1 amide bonds. The third-order valence-electron chi connectivity index (χ3n) is 5.15. The van der Waals surface area contributed by atoms with E-state index < -0.39 is 0 Å². The van der Waals surface area contributed by atoms with Gasteiger partial charge in [-0.1, -0.05) is 5.21 Å². The van der Waals surface area contributed by atoms with Crippen molar-refractivity contribution in [1.82, 2.24) is 30.2 Å². The summed E-state index contributed by atoms with van der Waals surface area (Å²) >= 11 is 4.93. The standard InChI is InChI=1S/C21H22FN7O2S/c1-31-21(32)24-13-16-14-29(26-25-16)17-4-5-19(18(22)11-17)27-7-9-28(10-8-27)20(30)15-3-2-6-23-12-15/h2-6,11-12,14H,7-10,13H2,1H3,(H,24,32). The monoisotopic (exact) mass is 455 g/mol. The zero-order valence-electron chi connectivity index (χ0n) is 17.4. The number of nitrogens with one attached hydrogen (secondary N) is 1. The normalized spacial score (nSPS) is 13.7. The van der Waals surface area contributed by atoms with Gasteiger partial charge >= 0.3 is 0 Å². The molecule has 3 heterocycles. The summed E-state index contributed by atoms with van der Waals surface area (Å²) < 4.78 is 21.3. The Morgan fingerprint density at radius 3 is 2.75 bits per heavy atom. The van der Waals surface area contributed by atoms with Crippen LogP contribution in [0.3, 0.4) is 0 Å². The molecule has 2 aromatic heterocycles. The van der Waals surface area contributed by atoms with Crippen LogP contribution in [0, 0.1) is 5.82 Å².